The fraction of sp³-hybridized carbons (Fsp3) is 0.462. The van der Waals surface area contributed by atoms with Gasteiger partial charge < -0.3 is 0 Å². The lowest BCUT2D eigenvalue weighted by Crippen LogP contribution is -2.04. The van der Waals surface area contributed by atoms with Crippen molar-refractivity contribution in [2.75, 3.05) is 0 Å². The predicted molar refractivity (Wildman–Crippen MR) is 64.6 cm³/mol. The Balaban J connectivity index is 2.91. The third-order valence-electron chi connectivity index (χ3n) is 2.34. The number of Topliss-reactive ketones (excluding diaryl/α,β-unsaturated/α-hetero) is 1. The lowest BCUT2D eigenvalue weighted by Gasteiger charge is -2.06. The molecule has 1 aromatic rings. The van der Waals surface area contributed by atoms with Crippen molar-refractivity contribution in [2.24, 2.45) is 5.92 Å². The van der Waals surface area contributed by atoms with Gasteiger partial charge in [0.05, 0.1) is 0 Å². The van der Waals surface area contributed by atoms with E-state index in [1.807, 2.05) is 25.1 Å². The first-order chi connectivity index (χ1) is 7.04. The molecule has 0 amide bonds. The van der Waals surface area contributed by atoms with Gasteiger partial charge in [-0.2, -0.15) is 0 Å². The molecular weight excluding hydrogens is 208 g/mol. The Morgan fingerprint density at radius 1 is 1.40 bits per heavy atom. The molecular formula is C13H17ClO. The number of carbonyl (C=O) groups excluding carboxylic acids is 1. The minimum atomic E-state index is 0.205. The first-order valence-corrected chi connectivity index (χ1v) is 5.74. The van der Waals surface area contributed by atoms with Gasteiger partial charge in [-0.3, -0.25) is 4.79 Å². The number of aryl methyl sites for hydroxylation is 1. The molecule has 1 aromatic carbocycles. The third kappa shape index (κ3) is 3.35. The number of rotatable bonds is 4. The molecule has 0 aliphatic heterocycles. The highest BCUT2D eigenvalue weighted by Crippen LogP contribution is 2.19. The topological polar surface area (TPSA) is 17.1 Å². The fourth-order valence-electron chi connectivity index (χ4n) is 1.51. The summed E-state index contributed by atoms with van der Waals surface area (Å²) in [5.41, 5.74) is 1.83. The van der Waals surface area contributed by atoms with Crippen molar-refractivity contribution in [3.63, 3.8) is 0 Å². The molecule has 0 heterocycles. The lowest BCUT2D eigenvalue weighted by molar-refractivity contribution is 0.0968. The van der Waals surface area contributed by atoms with Gasteiger partial charge in [-0.1, -0.05) is 32.4 Å². The van der Waals surface area contributed by atoms with Crippen LogP contribution >= 0.6 is 11.6 Å². The predicted octanol–water partition coefficient (Wildman–Crippen LogP) is 4.13. The zero-order valence-electron chi connectivity index (χ0n) is 9.51. The summed E-state index contributed by atoms with van der Waals surface area (Å²) >= 11 is 6.00. The summed E-state index contributed by atoms with van der Waals surface area (Å²) in [7, 11) is 0. The van der Waals surface area contributed by atoms with Crippen LogP contribution in [0.25, 0.3) is 0 Å². The van der Waals surface area contributed by atoms with Crippen LogP contribution in [0.2, 0.25) is 5.02 Å². The summed E-state index contributed by atoms with van der Waals surface area (Å²) in [6.07, 6.45) is 1.46. The van der Waals surface area contributed by atoms with Gasteiger partial charge in [-0.15, -0.1) is 0 Å². The Kier molecular flexibility index (Phi) is 4.34. The molecule has 1 rings (SSSR count). The van der Waals surface area contributed by atoms with Crippen LogP contribution in [0.5, 0.6) is 0 Å². The van der Waals surface area contributed by atoms with Gasteiger partial charge in [0.15, 0.2) is 5.78 Å². The Hall–Kier alpha value is -0.820. The van der Waals surface area contributed by atoms with E-state index in [0.717, 1.165) is 22.6 Å². The SMILES string of the molecule is CCc1cc(C(=O)CC(C)C)ccc1Cl. The molecule has 82 valence electrons. The molecule has 0 bridgehead atoms. The summed E-state index contributed by atoms with van der Waals surface area (Å²) in [5.74, 6) is 0.606. The monoisotopic (exact) mass is 224 g/mol. The number of hydrogen-bond acceptors (Lipinski definition) is 1. The molecule has 0 aliphatic carbocycles. The van der Waals surface area contributed by atoms with E-state index in [4.69, 9.17) is 11.6 Å². The highest BCUT2D eigenvalue weighted by atomic mass is 35.5. The van der Waals surface area contributed by atoms with Crippen LogP contribution in [0.15, 0.2) is 18.2 Å². The van der Waals surface area contributed by atoms with Crippen molar-refractivity contribution in [2.45, 2.75) is 33.6 Å². The molecule has 0 aliphatic rings. The van der Waals surface area contributed by atoms with Gasteiger partial charge in [0.1, 0.15) is 0 Å². The molecule has 0 radical (unpaired) electrons. The molecule has 0 atom stereocenters. The van der Waals surface area contributed by atoms with Crippen LogP contribution in [0.1, 0.15) is 43.1 Å². The third-order valence-corrected chi connectivity index (χ3v) is 2.71. The molecule has 0 fully saturated rings. The highest BCUT2D eigenvalue weighted by molar-refractivity contribution is 6.31. The summed E-state index contributed by atoms with van der Waals surface area (Å²) < 4.78 is 0. The molecule has 0 saturated heterocycles. The Morgan fingerprint density at radius 3 is 2.60 bits per heavy atom. The van der Waals surface area contributed by atoms with Crippen LogP contribution < -0.4 is 0 Å². The van der Waals surface area contributed by atoms with Crippen molar-refractivity contribution >= 4 is 17.4 Å². The molecule has 0 spiro atoms. The van der Waals surface area contributed by atoms with E-state index < -0.39 is 0 Å². The van der Waals surface area contributed by atoms with Crippen molar-refractivity contribution in [1.29, 1.82) is 0 Å². The molecule has 0 unspecified atom stereocenters. The van der Waals surface area contributed by atoms with E-state index in [1.54, 1.807) is 0 Å². The second kappa shape index (κ2) is 5.32. The van der Waals surface area contributed by atoms with Gasteiger partial charge in [0.25, 0.3) is 0 Å². The van der Waals surface area contributed by atoms with Crippen LogP contribution in [0.4, 0.5) is 0 Å². The fourth-order valence-corrected chi connectivity index (χ4v) is 1.76. The van der Waals surface area contributed by atoms with E-state index >= 15 is 0 Å². The number of halogens is 1. The molecule has 2 heteroatoms. The Bertz CT molecular complexity index is 356. The maximum absolute atomic E-state index is 11.8. The van der Waals surface area contributed by atoms with Gasteiger partial charge in [-0.05, 0) is 36.1 Å². The summed E-state index contributed by atoms with van der Waals surface area (Å²) in [6.45, 7) is 6.14. The van der Waals surface area contributed by atoms with Crippen molar-refractivity contribution < 1.29 is 4.79 Å². The molecule has 0 N–H and O–H groups in total. The average Bonchev–Trinajstić information content (AvgIpc) is 2.17. The van der Waals surface area contributed by atoms with E-state index in [2.05, 4.69) is 13.8 Å². The van der Waals surface area contributed by atoms with Crippen molar-refractivity contribution in [3.8, 4) is 0 Å². The van der Waals surface area contributed by atoms with Gasteiger partial charge >= 0.3 is 0 Å². The molecule has 15 heavy (non-hydrogen) atoms. The number of benzene rings is 1. The van der Waals surface area contributed by atoms with Gasteiger partial charge in [-0.25, -0.2) is 0 Å². The largest absolute Gasteiger partial charge is 0.294 e. The standard InChI is InChI=1S/C13H17ClO/c1-4-10-8-11(5-6-12(10)14)13(15)7-9(2)3/h5-6,8-9H,4,7H2,1-3H3. The normalized spacial score (nSPS) is 10.7. The summed E-state index contributed by atoms with van der Waals surface area (Å²) in [6, 6.07) is 5.53. The summed E-state index contributed by atoms with van der Waals surface area (Å²) in [4.78, 5) is 11.8. The van der Waals surface area contributed by atoms with Crippen LogP contribution in [-0.4, -0.2) is 5.78 Å². The molecule has 0 aromatic heterocycles. The minimum absolute atomic E-state index is 0.205. The smallest absolute Gasteiger partial charge is 0.163 e. The van der Waals surface area contributed by atoms with E-state index in [-0.39, 0.29) is 5.78 Å². The minimum Gasteiger partial charge on any atom is -0.294 e. The first-order valence-electron chi connectivity index (χ1n) is 5.36. The lowest BCUT2D eigenvalue weighted by atomic mass is 9.99. The first kappa shape index (κ1) is 12.3. The van der Waals surface area contributed by atoms with Gasteiger partial charge in [0, 0.05) is 17.0 Å². The number of hydrogen-bond donors (Lipinski definition) is 0. The zero-order chi connectivity index (χ0) is 11.4. The molecule has 0 saturated carbocycles. The Morgan fingerprint density at radius 2 is 2.07 bits per heavy atom. The quantitative estimate of drug-likeness (QED) is 0.703. The highest BCUT2D eigenvalue weighted by Gasteiger charge is 2.09. The molecule has 1 nitrogen and oxygen atoms in total. The number of carbonyl (C=O) groups is 1. The van der Waals surface area contributed by atoms with Gasteiger partial charge in [0.2, 0.25) is 0 Å². The van der Waals surface area contributed by atoms with E-state index in [9.17, 15) is 4.79 Å². The Labute approximate surface area is 96.5 Å². The van der Waals surface area contributed by atoms with Crippen LogP contribution in [0.3, 0.4) is 0 Å². The van der Waals surface area contributed by atoms with Crippen molar-refractivity contribution in [3.05, 3.63) is 34.3 Å². The van der Waals surface area contributed by atoms with E-state index in [0.29, 0.717) is 12.3 Å². The average molecular weight is 225 g/mol. The summed E-state index contributed by atoms with van der Waals surface area (Å²) in [5, 5.41) is 0.749. The second-order valence-electron chi connectivity index (χ2n) is 4.18. The maximum Gasteiger partial charge on any atom is 0.163 e. The number of ketones is 1. The van der Waals surface area contributed by atoms with Crippen LogP contribution in [-0.2, 0) is 6.42 Å². The van der Waals surface area contributed by atoms with Crippen molar-refractivity contribution in [1.82, 2.24) is 0 Å². The zero-order valence-corrected chi connectivity index (χ0v) is 10.3. The van der Waals surface area contributed by atoms with Crippen LogP contribution in [0, 0.1) is 5.92 Å². The van der Waals surface area contributed by atoms with E-state index in [1.165, 1.54) is 0 Å². The maximum atomic E-state index is 11.8. The second-order valence-corrected chi connectivity index (χ2v) is 4.59.